The highest BCUT2D eigenvalue weighted by atomic mass is 16.6. The summed E-state index contributed by atoms with van der Waals surface area (Å²) in [6.45, 7) is -0.270. The first-order chi connectivity index (χ1) is 6.06. The fourth-order valence-electron chi connectivity index (χ4n) is 1.19. The smallest absolute Gasteiger partial charge is 0.309 e. The van der Waals surface area contributed by atoms with Crippen molar-refractivity contribution in [1.82, 2.24) is 0 Å². The van der Waals surface area contributed by atoms with Crippen LogP contribution in [-0.2, 0) is 14.3 Å². The van der Waals surface area contributed by atoms with Crippen molar-refractivity contribution in [2.75, 3.05) is 6.61 Å². The quantitative estimate of drug-likeness (QED) is 0.476. The Labute approximate surface area is 73.7 Å². The predicted molar refractivity (Wildman–Crippen MR) is 39.1 cm³/mol. The van der Waals surface area contributed by atoms with Crippen molar-refractivity contribution in [3.8, 4) is 0 Å². The van der Waals surface area contributed by atoms with Gasteiger partial charge in [0.2, 0.25) is 0 Å². The minimum absolute atomic E-state index is 0.270. The number of carbonyl (C=O) groups is 2. The molecule has 0 spiro atoms. The van der Waals surface area contributed by atoms with Crippen molar-refractivity contribution < 1.29 is 29.6 Å². The Morgan fingerprint density at radius 2 is 2.00 bits per heavy atom. The standard InChI is InChI=1S/C7H10O6/c8-2-4-6(13-4)3(7(11)12)1-5(9)10/h3-4,6,8H,1-2H2,(H,9,10)(H,11,12). The number of aliphatic hydroxyl groups is 1. The number of rotatable bonds is 5. The van der Waals surface area contributed by atoms with Crippen LogP contribution in [0.15, 0.2) is 0 Å². The van der Waals surface area contributed by atoms with Crippen LogP contribution in [0.2, 0.25) is 0 Å². The number of ether oxygens (including phenoxy) is 1. The van der Waals surface area contributed by atoms with Gasteiger partial charge in [-0.2, -0.15) is 0 Å². The van der Waals surface area contributed by atoms with E-state index in [1.807, 2.05) is 0 Å². The lowest BCUT2D eigenvalue weighted by atomic mass is 10.00. The normalized spacial score (nSPS) is 28.1. The summed E-state index contributed by atoms with van der Waals surface area (Å²) in [5.41, 5.74) is 0. The molecule has 1 heterocycles. The van der Waals surface area contributed by atoms with E-state index < -0.39 is 36.5 Å². The molecule has 1 aliphatic rings. The average molecular weight is 190 g/mol. The van der Waals surface area contributed by atoms with E-state index in [0.717, 1.165) is 0 Å². The molecule has 0 aromatic heterocycles. The molecule has 74 valence electrons. The van der Waals surface area contributed by atoms with Crippen LogP contribution in [0.3, 0.4) is 0 Å². The van der Waals surface area contributed by atoms with E-state index >= 15 is 0 Å². The molecule has 3 atom stereocenters. The monoisotopic (exact) mass is 190 g/mol. The zero-order valence-corrected chi connectivity index (χ0v) is 6.71. The van der Waals surface area contributed by atoms with Crippen LogP contribution >= 0.6 is 0 Å². The summed E-state index contributed by atoms with van der Waals surface area (Å²) in [4.78, 5) is 20.8. The van der Waals surface area contributed by atoms with E-state index in [2.05, 4.69) is 0 Å². The van der Waals surface area contributed by atoms with Gasteiger partial charge in [-0.1, -0.05) is 0 Å². The molecule has 0 saturated carbocycles. The molecule has 0 radical (unpaired) electrons. The zero-order valence-electron chi connectivity index (χ0n) is 6.71. The Morgan fingerprint density at radius 1 is 1.38 bits per heavy atom. The van der Waals surface area contributed by atoms with Gasteiger partial charge in [0.15, 0.2) is 0 Å². The molecule has 6 heteroatoms. The van der Waals surface area contributed by atoms with Gasteiger partial charge in [-0.15, -0.1) is 0 Å². The van der Waals surface area contributed by atoms with Gasteiger partial charge >= 0.3 is 11.9 Å². The first kappa shape index (κ1) is 9.94. The fraction of sp³-hybridized carbons (Fsp3) is 0.714. The highest BCUT2D eigenvalue weighted by molar-refractivity contribution is 5.78. The highest BCUT2D eigenvalue weighted by Crippen LogP contribution is 2.31. The Hall–Kier alpha value is -1.14. The number of hydrogen-bond donors (Lipinski definition) is 3. The average Bonchev–Trinajstić information content (AvgIpc) is 2.77. The Kier molecular flexibility index (Phi) is 2.84. The summed E-state index contributed by atoms with van der Waals surface area (Å²) < 4.78 is 4.80. The van der Waals surface area contributed by atoms with Gasteiger partial charge in [-0.25, -0.2) is 0 Å². The zero-order chi connectivity index (χ0) is 10.0. The summed E-state index contributed by atoms with van der Waals surface area (Å²) in [5.74, 6) is -3.45. The maximum atomic E-state index is 10.6. The van der Waals surface area contributed by atoms with Crippen LogP contribution in [0.4, 0.5) is 0 Å². The van der Waals surface area contributed by atoms with E-state index in [4.69, 9.17) is 20.1 Å². The second kappa shape index (κ2) is 3.71. The first-order valence-electron chi connectivity index (χ1n) is 3.77. The third-order valence-corrected chi connectivity index (χ3v) is 1.91. The van der Waals surface area contributed by atoms with Crippen LogP contribution < -0.4 is 0 Å². The van der Waals surface area contributed by atoms with E-state index in [1.54, 1.807) is 0 Å². The second-order valence-corrected chi connectivity index (χ2v) is 2.86. The maximum Gasteiger partial charge on any atom is 0.309 e. The van der Waals surface area contributed by atoms with Gasteiger partial charge in [0, 0.05) is 0 Å². The van der Waals surface area contributed by atoms with Gasteiger partial charge in [0.05, 0.1) is 18.9 Å². The summed E-state index contributed by atoms with van der Waals surface area (Å²) in [6, 6.07) is 0. The summed E-state index contributed by atoms with van der Waals surface area (Å²) in [7, 11) is 0. The number of aliphatic carboxylic acids is 2. The van der Waals surface area contributed by atoms with Crippen LogP contribution in [-0.4, -0.2) is 46.1 Å². The molecule has 0 aromatic carbocycles. The molecule has 3 N–H and O–H groups in total. The third-order valence-electron chi connectivity index (χ3n) is 1.91. The number of carboxylic acids is 2. The predicted octanol–water partition coefficient (Wildman–Crippen LogP) is -1.08. The van der Waals surface area contributed by atoms with E-state index in [9.17, 15) is 9.59 Å². The lowest BCUT2D eigenvalue weighted by molar-refractivity contribution is -0.149. The fourth-order valence-corrected chi connectivity index (χ4v) is 1.19. The minimum atomic E-state index is -1.21. The van der Waals surface area contributed by atoms with Gasteiger partial charge < -0.3 is 20.1 Å². The molecule has 1 aliphatic heterocycles. The summed E-state index contributed by atoms with van der Waals surface area (Å²) in [5, 5.41) is 25.6. The topological polar surface area (TPSA) is 107 Å². The second-order valence-electron chi connectivity index (χ2n) is 2.86. The molecule has 0 amide bonds. The highest BCUT2D eigenvalue weighted by Gasteiger charge is 2.48. The number of hydrogen-bond acceptors (Lipinski definition) is 4. The molecule has 0 aromatic rings. The first-order valence-corrected chi connectivity index (χ1v) is 3.77. The molecule has 0 aliphatic carbocycles. The largest absolute Gasteiger partial charge is 0.481 e. The SMILES string of the molecule is O=C(O)CC(C(=O)O)C1OC1CO. The molecular weight excluding hydrogens is 180 g/mol. The van der Waals surface area contributed by atoms with Crippen molar-refractivity contribution in [2.24, 2.45) is 5.92 Å². The lowest BCUT2D eigenvalue weighted by Gasteiger charge is -2.04. The molecule has 1 fully saturated rings. The maximum absolute atomic E-state index is 10.6. The molecule has 1 saturated heterocycles. The van der Waals surface area contributed by atoms with Crippen molar-refractivity contribution in [2.45, 2.75) is 18.6 Å². The van der Waals surface area contributed by atoms with Gasteiger partial charge in [-0.05, 0) is 0 Å². The molecular formula is C7H10O6. The van der Waals surface area contributed by atoms with Crippen LogP contribution in [0.5, 0.6) is 0 Å². The lowest BCUT2D eigenvalue weighted by Crippen LogP contribution is -2.25. The van der Waals surface area contributed by atoms with E-state index in [-0.39, 0.29) is 6.61 Å². The van der Waals surface area contributed by atoms with E-state index in [0.29, 0.717) is 0 Å². The number of aliphatic hydroxyl groups excluding tert-OH is 1. The van der Waals surface area contributed by atoms with Crippen molar-refractivity contribution in [3.05, 3.63) is 0 Å². The minimum Gasteiger partial charge on any atom is -0.481 e. The Balaban J connectivity index is 2.50. The molecule has 6 nitrogen and oxygen atoms in total. The summed E-state index contributed by atoms with van der Waals surface area (Å²) >= 11 is 0. The summed E-state index contributed by atoms with van der Waals surface area (Å²) in [6.07, 6.45) is -1.64. The van der Waals surface area contributed by atoms with Crippen molar-refractivity contribution >= 4 is 11.9 Å². The van der Waals surface area contributed by atoms with Crippen LogP contribution in [0.25, 0.3) is 0 Å². The molecule has 3 unspecified atom stereocenters. The van der Waals surface area contributed by atoms with Gasteiger partial charge in [0.25, 0.3) is 0 Å². The van der Waals surface area contributed by atoms with Crippen molar-refractivity contribution in [1.29, 1.82) is 0 Å². The molecule has 0 bridgehead atoms. The van der Waals surface area contributed by atoms with Crippen LogP contribution in [0, 0.1) is 5.92 Å². The van der Waals surface area contributed by atoms with Crippen molar-refractivity contribution in [3.63, 3.8) is 0 Å². The molecule has 1 rings (SSSR count). The van der Waals surface area contributed by atoms with Crippen LogP contribution in [0.1, 0.15) is 6.42 Å². The Bertz CT molecular complexity index is 225. The van der Waals surface area contributed by atoms with Gasteiger partial charge in [-0.3, -0.25) is 9.59 Å². The van der Waals surface area contributed by atoms with E-state index in [1.165, 1.54) is 0 Å². The molecule has 13 heavy (non-hydrogen) atoms. The number of epoxide rings is 1. The number of carboxylic acid groups (broad SMARTS) is 2. The van der Waals surface area contributed by atoms with Gasteiger partial charge in [0.1, 0.15) is 12.2 Å². The third kappa shape index (κ3) is 2.40. The Morgan fingerprint density at radius 3 is 2.31 bits per heavy atom.